The van der Waals surface area contributed by atoms with Crippen molar-refractivity contribution in [3.05, 3.63) is 0 Å². The summed E-state index contributed by atoms with van der Waals surface area (Å²) in [6.45, 7) is 8.64. The number of carbonyl (C=O) groups is 2. The molecule has 0 spiro atoms. The molecular weight excluding hydrogens is 242 g/mol. The number of carbonyl (C=O) groups excluding carboxylic acids is 2. The Morgan fingerprint density at radius 2 is 1.47 bits per heavy atom. The average molecular weight is 269 g/mol. The van der Waals surface area contributed by atoms with E-state index in [0.717, 1.165) is 6.42 Å². The normalized spacial score (nSPS) is 17.7. The second-order valence-electron chi connectivity index (χ2n) is 5.88. The highest BCUT2D eigenvalue weighted by Gasteiger charge is 2.24. The molecule has 0 aromatic carbocycles. The summed E-state index contributed by atoms with van der Waals surface area (Å²) in [6, 6.07) is 0.0675. The second-order valence-corrected chi connectivity index (χ2v) is 5.88. The van der Waals surface area contributed by atoms with Gasteiger partial charge in [-0.3, -0.25) is 9.59 Å². The standard InChI is InChI=1S/C14H27N3O2/c1-11(2)10-14(19)17-8-6-16(7-9-17)13(18)5-4-12(3)15/h11-12H,4-10,15H2,1-3H3. The summed E-state index contributed by atoms with van der Waals surface area (Å²) in [5, 5.41) is 0. The monoisotopic (exact) mass is 269 g/mol. The van der Waals surface area contributed by atoms with Crippen molar-refractivity contribution in [3.63, 3.8) is 0 Å². The predicted octanol–water partition coefficient (Wildman–Crippen LogP) is 0.831. The van der Waals surface area contributed by atoms with Gasteiger partial charge in [0.1, 0.15) is 0 Å². The minimum absolute atomic E-state index is 0.0675. The second kappa shape index (κ2) is 7.48. The Hall–Kier alpha value is -1.10. The summed E-state index contributed by atoms with van der Waals surface area (Å²) in [7, 11) is 0. The van der Waals surface area contributed by atoms with Gasteiger partial charge in [0.25, 0.3) is 0 Å². The molecule has 19 heavy (non-hydrogen) atoms. The van der Waals surface area contributed by atoms with Crippen molar-refractivity contribution in [3.8, 4) is 0 Å². The molecule has 1 aliphatic rings. The highest BCUT2D eigenvalue weighted by atomic mass is 16.2. The zero-order valence-corrected chi connectivity index (χ0v) is 12.4. The van der Waals surface area contributed by atoms with Gasteiger partial charge in [-0.2, -0.15) is 0 Å². The molecule has 5 nitrogen and oxygen atoms in total. The van der Waals surface area contributed by atoms with E-state index < -0.39 is 0 Å². The molecule has 1 unspecified atom stereocenters. The summed E-state index contributed by atoms with van der Waals surface area (Å²) < 4.78 is 0. The molecular formula is C14H27N3O2. The molecule has 1 saturated heterocycles. The molecule has 1 atom stereocenters. The molecule has 1 aliphatic heterocycles. The number of amides is 2. The van der Waals surface area contributed by atoms with E-state index in [1.165, 1.54) is 0 Å². The van der Waals surface area contributed by atoms with Gasteiger partial charge >= 0.3 is 0 Å². The van der Waals surface area contributed by atoms with Crippen molar-refractivity contribution in [2.45, 2.75) is 46.1 Å². The Bertz CT molecular complexity index is 308. The molecule has 2 amide bonds. The van der Waals surface area contributed by atoms with Gasteiger partial charge in [0.2, 0.25) is 11.8 Å². The lowest BCUT2D eigenvalue weighted by Gasteiger charge is -2.35. The van der Waals surface area contributed by atoms with Crippen LogP contribution in [0.2, 0.25) is 0 Å². The van der Waals surface area contributed by atoms with Gasteiger partial charge in [-0.1, -0.05) is 13.8 Å². The topological polar surface area (TPSA) is 66.6 Å². The fraction of sp³-hybridized carbons (Fsp3) is 0.857. The first-order valence-corrected chi connectivity index (χ1v) is 7.21. The molecule has 0 aromatic heterocycles. The third-order valence-electron chi connectivity index (χ3n) is 3.38. The lowest BCUT2D eigenvalue weighted by molar-refractivity contribution is -0.140. The number of nitrogens with zero attached hydrogens (tertiary/aromatic N) is 2. The third-order valence-corrected chi connectivity index (χ3v) is 3.38. The molecule has 0 saturated carbocycles. The highest BCUT2D eigenvalue weighted by molar-refractivity contribution is 5.78. The molecule has 110 valence electrons. The molecule has 1 heterocycles. The van der Waals surface area contributed by atoms with E-state index >= 15 is 0 Å². The van der Waals surface area contributed by atoms with E-state index in [2.05, 4.69) is 0 Å². The fourth-order valence-electron chi connectivity index (χ4n) is 2.19. The fourth-order valence-corrected chi connectivity index (χ4v) is 2.19. The average Bonchev–Trinajstić information content (AvgIpc) is 2.35. The summed E-state index contributed by atoms with van der Waals surface area (Å²) in [4.78, 5) is 27.5. The van der Waals surface area contributed by atoms with Crippen LogP contribution in [-0.4, -0.2) is 53.8 Å². The predicted molar refractivity (Wildman–Crippen MR) is 75.5 cm³/mol. The maximum atomic E-state index is 11.9. The van der Waals surface area contributed by atoms with Crippen molar-refractivity contribution in [2.75, 3.05) is 26.2 Å². The molecule has 2 N–H and O–H groups in total. The van der Waals surface area contributed by atoms with Crippen LogP contribution in [0.4, 0.5) is 0 Å². The minimum Gasteiger partial charge on any atom is -0.339 e. The molecule has 0 aromatic rings. The zero-order chi connectivity index (χ0) is 14.4. The van der Waals surface area contributed by atoms with E-state index in [9.17, 15) is 9.59 Å². The van der Waals surface area contributed by atoms with Crippen LogP contribution < -0.4 is 5.73 Å². The molecule has 5 heteroatoms. The van der Waals surface area contributed by atoms with E-state index in [-0.39, 0.29) is 17.9 Å². The Balaban J connectivity index is 2.32. The number of piperazine rings is 1. The summed E-state index contributed by atoms with van der Waals surface area (Å²) in [6.07, 6.45) is 1.83. The van der Waals surface area contributed by atoms with Gasteiger partial charge in [-0.05, 0) is 19.3 Å². The van der Waals surface area contributed by atoms with Gasteiger partial charge in [0.05, 0.1) is 0 Å². The number of rotatable bonds is 5. The molecule has 0 radical (unpaired) electrons. The van der Waals surface area contributed by atoms with Crippen LogP contribution >= 0.6 is 0 Å². The van der Waals surface area contributed by atoms with E-state index in [4.69, 9.17) is 5.73 Å². The van der Waals surface area contributed by atoms with Crippen molar-refractivity contribution in [1.82, 2.24) is 9.80 Å². The molecule has 1 fully saturated rings. The van der Waals surface area contributed by atoms with Crippen LogP contribution in [0.25, 0.3) is 0 Å². The van der Waals surface area contributed by atoms with Crippen LogP contribution in [0.3, 0.4) is 0 Å². The van der Waals surface area contributed by atoms with E-state index in [1.807, 2.05) is 30.6 Å². The molecule has 1 rings (SSSR count). The number of hydrogen-bond acceptors (Lipinski definition) is 3. The highest BCUT2D eigenvalue weighted by Crippen LogP contribution is 2.09. The quantitative estimate of drug-likeness (QED) is 0.804. The Morgan fingerprint density at radius 3 is 1.89 bits per heavy atom. The number of nitrogens with two attached hydrogens (primary N) is 1. The van der Waals surface area contributed by atoms with Crippen molar-refractivity contribution in [1.29, 1.82) is 0 Å². The summed E-state index contributed by atoms with van der Waals surface area (Å²) in [5.74, 6) is 0.754. The summed E-state index contributed by atoms with van der Waals surface area (Å²) in [5.41, 5.74) is 5.65. The van der Waals surface area contributed by atoms with Crippen LogP contribution in [0, 0.1) is 5.92 Å². The summed E-state index contributed by atoms with van der Waals surface area (Å²) >= 11 is 0. The molecule has 0 bridgehead atoms. The number of hydrogen-bond donors (Lipinski definition) is 1. The first kappa shape index (κ1) is 16.0. The first-order valence-electron chi connectivity index (χ1n) is 7.21. The lowest BCUT2D eigenvalue weighted by atomic mass is 10.1. The van der Waals surface area contributed by atoms with Gasteiger partial charge in [0.15, 0.2) is 0 Å². The molecule has 0 aliphatic carbocycles. The van der Waals surface area contributed by atoms with Crippen LogP contribution in [0.1, 0.15) is 40.0 Å². The Kier molecular flexibility index (Phi) is 6.28. The first-order chi connectivity index (χ1) is 8.90. The lowest BCUT2D eigenvalue weighted by Crippen LogP contribution is -2.50. The van der Waals surface area contributed by atoms with Gasteiger partial charge < -0.3 is 15.5 Å². The van der Waals surface area contributed by atoms with Crippen LogP contribution in [0.15, 0.2) is 0 Å². The van der Waals surface area contributed by atoms with Gasteiger partial charge in [0, 0.05) is 45.1 Å². The van der Waals surface area contributed by atoms with Crippen LogP contribution in [0.5, 0.6) is 0 Å². The minimum atomic E-state index is 0.0675. The van der Waals surface area contributed by atoms with Crippen LogP contribution in [-0.2, 0) is 9.59 Å². The Morgan fingerprint density at radius 1 is 1.00 bits per heavy atom. The Labute approximate surface area is 116 Å². The van der Waals surface area contributed by atoms with Gasteiger partial charge in [-0.15, -0.1) is 0 Å². The SMILES string of the molecule is CC(C)CC(=O)N1CCN(C(=O)CCC(C)N)CC1. The van der Waals surface area contributed by atoms with E-state index in [1.54, 1.807) is 0 Å². The maximum absolute atomic E-state index is 11.9. The van der Waals surface area contributed by atoms with Crippen molar-refractivity contribution >= 4 is 11.8 Å². The van der Waals surface area contributed by atoms with Crippen molar-refractivity contribution in [2.24, 2.45) is 11.7 Å². The third kappa shape index (κ3) is 5.59. The largest absolute Gasteiger partial charge is 0.339 e. The smallest absolute Gasteiger partial charge is 0.222 e. The zero-order valence-electron chi connectivity index (χ0n) is 12.4. The van der Waals surface area contributed by atoms with Gasteiger partial charge in [-0.25, -0.2) is 0 Å². The van der Waals surface area contributed by atoms with E-state index in [0.29, 0.717) is 44.9 Å². The maximum Gasteiger partial charge on any atom is 0.222 e. The van der Waals surface area contributed by atoms with Crippen molar-refractivity contribution < 1.29 is 9.59 Å².